The molecule has 0 amide bonds. The van der Waals surface area contributed by atoms with Crippen molar-refractivity contribution >= 4 is 28.4 Å². The van der Waals surface area contributed by atoms with E-state index in [1.807, 2.05) is 14.0 Å². The molecule has 0 aliphatic carbocycles. The predicted octanol–water partition coefficient (Wildman–Crippen LogP) is 2.03. The predicted molar refractivity (Wildman–Crippen MR) is 80.8 cm³/mol. The summed E-state index contributed by atoms with van der Waals surface area (Å²) < 4.78 is 6.12. The van der Waals surface area contributed by atoms with Crippen LogP contribution in [0.4, 0.5) is 5.82 Å². The smallest absolute Gasteiger partial charge is 0.180 e. The number of nitrogens with one attached hydrogen (secondary N) is 1. The van der Waals surface area contributed by atoms with Crippen LogP contribution in [0.3, 0.4) is 0 Å². The summed E-state index contributed by atoms with van der Waals surface area (Å²) in [6.07, 6.45) is 1.70. The van der Waals surface area contributed by atoms with Crippen molar-refractivity contribution in [1.82, 2.24) is 19.9 Å². The molecule has 7 heteroatoms. The van der Waals surface area contributed by atoms with Crippen molar-refractivity contribution in [3.05, 3.63) is 27.4 Å². The number of halogens is 1. The molecule has 0 radical (unpaired) electrons. The van der Waals surface area contributed by atoms with Gasteiger partial charge < -0.3 is 10.1 Å². The lowest BCUT2D eigenvalue weighted by Crippen LogP contribution is -2.07. The number of rotatable bonds is 4. The van der Waals surface area contributed by atoms with Crippen LogP contribution in [0.25, 0.3) is 11.5 Å². The van der Waals surface area contributed by atoms with Gasteiger partial charge in [-0.1, -0.05) is 0 Å². The highest BCUT2D eigenvalue weighted by Gasteiger charge is 2.13. The monoisotopic (exact) mass is 371 g/mol. The Labute approximate surface area is 125 Å². The topological polar surface area (TPSA) is 72.8 Å². The molecular formula is C12H14IN5O. The largest absolute Gasteiger partial charge is 0.378 e. The van der Waals surface area contributed by atoms with Crippen LogP contribution < -0.4 is 5.32 Å². The molecule has 19 heavy (non-hydrogen) atoms. The second-order valence-electron chi connectivity index (χ2n) is 3.83. The van der Waals surface area contributed by atoms with Crippen molar-refractivity contribution in [2.24, 2.45) is 0 Å². The molecule has 0 saturated carbocycles. The van der Waals surface area contributed by atoms with Gasteiger partial charge >= 0.3 is 0 Å². The number of aryl methyl sites for hydroxylation is 1. The van der Waals surface area contributed by atoms with E-state index in [9.17, 15) is 0 Å². The Morgan fingerprint density at radius 2 is 2.11 bits per heavy atom. The van der Waals surface area contributed by atoms with Gasteiger partial charge in [0.05, 0.1) is 15.9 Å². The fourth-order valence-electron chi connectivity index (χ4n) is 1.59. The van der Waals surface area contributed by atoms with Crippen LogP contribution in [-0.2, 0) is 11.3 Å². The molecule has 2 rings (SSSR count). The average Bonchev–Trinajstić information content (AvgIpc) is 2.41. The van der Waals surface area contributed by atoms with Gasteiger partial charge in [0.25, 0.3) is 0 Å². The zero-order valence-electron chi connectivity index (χ0n) is 10.9. The van der Waals surface area contributed by atoms with Crippen molar-refractivity contribution in [3.63, 3.8) is 0 Å². The minimum absolute atomic E-state index is 0.437. The molecular weight excluding hydrogens is 357 g/mol. The maximum atomic E-state index is 5.17. The van der Waals surface area contributed by atoms with Gasteiger partial charge in [-0.05, 0) is 35.6 Å². The molecule has 2 aromatic heterocycles. The Morgan fingerprint density at radius 3 is 2.74 bits per heavy atom. The molecule has 6 nitrogen and oxygen atoms in total. The molecule has 0 fully saturated rings. The fourth-order valence-corrected chi connectivity index (χ4v) is 2.25. The SMILES string of the molecule is CNc1nc(-c2ccnc(C)n2)nc(COC)c1I. The second kappa shape index (κ2) is 6.20. The van der Waals surface area contributed by atoms with Crippen LogP contribution in [0.15, 0.2) is 12.3 Å². The summed E-state index contributed by atoms with van der Waals surface area (Å²) >= 11 is 2.21. The standard InChI is InChI=1S/C12H14IN5O/c1-7-15-5-4-8(16-7)11-17-9(6-19-3)10(13)12(14-2)18-11/h4-5H,6H2,1-3H3,(H,14,17,18). The van der Waals surface area contributed by atoms with Crippen LogP contribution >= 0.6 is 22.6 Å². The average molecular weight is 371 g/mol. The van der Waals surface area contributed by atoms with E-state index in [2.05, 4.69) is 47.8 Å². The number of methoxy groups -OCH3 is 1. The molecule has 2 aromatic rings. The van der Waals surface area contributed by atoms with E-state index in [1.54, 1.807) is 19.4 Å². The van der Waals surface area contributed by atoms with E-state index in [4.69, 9.17) is 4.74 Å². The number of anilines is 1. The van der Waals surface area contributed by atoms with Gasteiger partial charge in [0.1, 0.15) is 17.3 Å². The molecule has 0 saturated heterocycles. The van der Waals surface area contributed by atoms with Crippen LogP contribution in [0.1, 0.15) is 11.5 Å². The number of aromatic nitrogens is 4. The van der Waals surface area contributed by atoms with Crippen molar-refractivity contribution < 1.29 is 4.74 Å². The van der Waals surface area contributed by atoms with E-state index < -0.39 is 0 Å². The van der Waals surface area contributed by atoms with Gasteiger partial charge in [-0.2, -0.15) is 0 Å². The van der Waals surface area contributed by atoms with E-state index in [-0.39, 0.29) is 0 Å². The van der Waals surface area contributed by atoms with E-state index in [0.717, 1.165) is 15.1 Å². The molecule has 1 N–H and O–H groups in total. The summed E-state index contributed by atoms with van der Waals surface area (Å²) in [6, 6.07) is 1.80. The molecule has 0 aliphatic rings. The Kier molecular flexibility index (Phi) is 4.59. The number of nitrogens with zero attached hydrogens (tertiary/aromatic N) is 4. The van der Waals surface area contributed by atoms with Crippen LogP contribution in [0.2, 0.25) is 0 Å². The normalized spacial score (nSPS) is 10.5. The van der Waals surface area contributed by atoms with E-state index >= 15 is 0 Å². The van der Waals surface area contributed by atoms with Gasteiger partial charge in [-0.25, -0.2) is 19.9 Å². The lowest BCUT2D eigenvalue weighted by Gasteiger charge is -2.10. The van der Waals surface area contributed by atoms with Gasteiger partial charge in [0.2, 0.25) is 0 Å². The molecule has 100 valence electrons. The first-order chi connectivity index (χ1) is 9.15. The van der Waals surface area contributed by atoms with Gasteiger partial charge in [-0.3, -0.25) is 0 Å². The zero-order chi connectivity index (χ0) is 13.8. The highest BCUT2D eigenvalue weighted by Crippen LogP contribution is 2.23. The van der Waals surface area contributed by atoms with E-state index in [0.29, 0.717) is 23.9 Å². The molecule has 2 heterocycles. The highest BCUT2D eigenvalue weighted by molar-refractivity contribution is 14.1. The quantitative estimate of drug-likeness (QED) is 0.830. The van der Waals surface area contributed by atoms with Crippen molar-refractivity contribution in [3.8, 4) is 11.5 Å². The molecule has 0 bridgehead atoms. The maximum Gasteiger partial charge on any atom is 0.180 e. The van der Waals surface area contributed by atoms with Crippen LogP contribution in [0, 0.1) is 10.5 Å². The van der Waals surface area contributed by atoms with E-state index in [1.165, 1.54) is 0 Å². The zero-order valence-corrected chi connectivity index (χ0v) is 13.1. The highest BCUT2D eigenvalue weighted by atomic mass is 127. The van der Waals surface area contributed by atoms with Gasteiger partial charge in [0, 0.05) is 20.4 Å². The minimum atomic E-state index is 0.437. The lowest BCUT2D eigenvalue weighted by atomic mass is 10.3. The Morgan fingerprint density at radius 1 is 1.32 bits per heavy atom. The number of ether oxygens (including phenoxy) is 1. The Hall–Kier alpha value is -1.35. The Bertz CT molecular complexity index is 590. The molecule has 0 aromatic carbocycles. The summed E-state index contributed by atoms with van der Waals surface area (Å²) in [5.41, 5.74) is 1.55. The first kappa shape index (κ1) is 14.1. The minimum Gasteiger partial charge on any atom is -0.378 e. The summed E-state index contributed by atoms with van der Waals surface area (Å²) in [5, 5.41) is 3.06. The second-order valence-corrected chi connectivity index (χ2v) is 4.91. The first-order valence-corrected chi connectivity index (χ1v) is 6.76. The third-order valence-corrected chi connectivity index (χ3v) is 3.58. The van der Waals surface area contributed by atoms with Crippen LogP contribution in [0.5, 0.6) is 0 Å². The molecule has 0 unspecified atom stereocenters. The lowest BCUT2D eigenvalue weighted by molar-refractivity contribution is 0.181. The summed E-state index contributed by atoms with van der Waals surface area (Å²) in [6.45, 7) is 2.28. The fraction of sp³-hybridized carbons (Fsp3) is 0.333. The maximum absolute atomic E-state index is 5.17. The first-order valence-electron chi connectivity index (χ1n) is 5.68. The number of hydrogen-bond donors (Lipinski definition) is 1. The molecule has 0 atom stereocenters. The molecule has 0 spiro atoms. The summed E-state index contributed by atoms with van der Waals surface area (Å²) in [5.74, 6) is 2.04. The van der Waals surface area contributed by atoms with Crippen molar-refractivity contribution in [1.29, 1.82) is 0 Å². The summed E-state index contributed by atoms with van der Waals surface area (Å²) in [4.78, 5) is 17.4. The molecule has 0 aliphatic heterocycles. The van der Waals surface area contributed by atoms with Crippen LogP contribution in [-0.4, -0.2) is 34.1 Å². The third kappa shape index (κ3) is 3.16. The number of hydrogen-bond acceptors (Lipinski definition) is 6. The van der Waals surface area contributed by atoms with Gasteiger partial charge in [0.15, 0.2) is 5.82 Å². The Balaban J connectivity index is 2.54. The summed E-state index contributed by atoms with van der Waals surface area (Å²) in [7, 11) is 3.47. The van der Waals surface area contributed by atoms with Gasteiger partial charge in [-0.15, -0.1) is 0 Å². The van der Waals surface area contributed by atoms with Crippen molar-refractivity contribution in [2.75, 3.05) is 19.5 Å². The third-order valence-electron chi connectivity index (χ3n) is 2.44. The van der Waals surface area contributed by atoms with Crippen molar-refractivity contribution in [2.45, 2.75) is 13.5 Å².